The Balaban J connectivity index is 1.84. The van der Waals surface area contributed by atoms with Crippen LogP contribution >= 0.6 is 0 Å². The second-order valence-corrected chi connectivity index (χ2v) is 7.39. The zero-order valence-corrected chi connectivity index (χ0v) is 17.8. The summed E-state index contributed by atoms with van der Waals surface area (Å²) in [5, 5.41) is 9.92. The van der Waals surface area contributed by atoms with Gasteiger partial charge in [0.05, 0.1) is 18.8 Å². The van der Waals surface area contributed by atoms with Crippen LogP contribution in [0.25, 0.3) is 17.0 Å². The summed E-state index contributed by atoms with van der Waals surface area (Å²) in [5.74, 6) is -2.50. The number of carboxylic acid groups (broad SMARTS) is 1. The molecule has 0 spiro atoms. The molecule has 1 saturated heterocycles. The van der Waals surface area contributed by atoms with Gasteiger partial charge in [-0.15, -0.1) is 0 Å². The number of barbiturate groups is 1. The maximum absolute atomic E-state index is 13.3. The van der Waals surface area contributed by atoms with Crippen molar-refractivity contribution < 1.29 is 29.0 Å². The molecule has 168 valence electrons. The summed E-state index contributed by atoms with van der Waals surface area (Å²) in [7, 11) is 1.45. The van der Waals surface area contributed by atoms with Gasteiger partial charge in [0, 0.05) is 29.8 Å². The number of benzene rings is 2. The first-order valence-corrected chi connectivity index (χ1v) is 10.2. The van der Waals surface area contributed by atoms with Crippen molar-refractivity contribution in [3.63, 3.8) is 0 Å². The Morgan fingerprint density at radius 3 is 2.39 bits per heavy atom. The SMILES string of the molecule is COCCN1C(=O)C(=Cc2cn(CC(=O)O)c3ccccc23)C(=O)N(c2ccccc2)C1=O. The van der Waals surface area contributed by atoms with E-state index in [-0.39, 0.29) is 25.3 Å². The van der Waals surface area contributed by atoms with Crippen LogP contribution in [0.2, 0.25) is 0 Å². The molecule has 33 heavy (non-hydrogen) atoms. The van der Waals surface area contributed by atoms with Gasteiger partial charge in [-0.3, -0.25) is 19.3 Å². The van der Waals surface area contributed by atoms with Gasteiger partial charge in [0.15, 0.2) is 0 Å². The number of ether oxygens (including phenoxy) is 1. The summed E-state index contributed by atoms with van der Waals surface area (Å²) in [6.07, 6.45) is 2.99. The molecule has 9 heteroatoms. The predicted octanol–water partition coefficient (Wildman–Crippen LogP) is 2.75. The molecule has 0 atom stereocenters. The fourth-order valence-corrected chi connectivity index (χ4v) is 3.78. The molecule has 1 aliphatic rings. The summed E-state index contributed by atoms with van der Waals surface area (Å²) in [4.78, 5) is 52.8. The topological polar surface area (TPSA) is 109 Å². The van der Waals surface area contributed by atoms with E-state index >= 15 is 0 Å². The number of aliphatic carboxylic acids is 1. The lowest BCUT2D eigenvalue weighted by molar-refractivity contribution is -0.137. The smallest absolute Gasteiger partial charge is 0.338 e. The number of carboxylic acids is 1. The van der Waals surface area contributed by atoms with Gasteiger partial charge in [0.25, 0.3) is 11.8 Å². The van der Waals surface area contributed by atoms with Gasteiger partial charge in [0.2, 0.25) is 0 Å². The van der Waals surface area contributed by atoms with E-state index in [2.05, 4.69) is 0 Å². The first kappa shape index (κ1) is 22.0. The molecule has 9 nitrogen and oxygen atoms in total. The fraction of sp³-hybridized carbons (Fsp3) is 0.167. The average Bonchev–Trinajstić information content (AvgIpc) is 3.14. The van der Waals surface area contributed by atoms with Crippen molar-refractivity contribution in [2.24, 2.45) is 0 Å². The van der Waals surface area contributed by atoms with Crippen LogP contribution in [0, 0.1) is 0 Å². The summed E-state index contributed by atoms with van der Waals surface area (Å²) < 4.78 is 6.56. The third kappa shape index (κ3) is 4.13. The van der Waals surface area contributed by atoms with E-state index in [1.54, 1.807) is 60.8 Å². The predicted molar refractivity (Wildman–Crippen MR) is 120 cm³/mol. The first-order valence-electron chi connectivity index (χ1n) is 10.2. The average molecular weight is 447 g/mol. The minimum absolute atomic E-state index is 0.0249. The molecule has 0 unspecified atom stereocenters. The third-order valence-electron chi connectivity index (χ3n) is 5.29. The van der Waals surface area contributed by atoms with Crippen molar-refractivity contribution in [3.8, 4) is 0 Å². The minimum atomic E-state index is -1.02. The van der Waals surface area contributed by atoms with Gasteiger partial charge in [-0.2, -0.15) is 0 Å². The third-order valence-corrected chi connectivity index (χ3v) is 5.29. The van der Waals surface area contributed by atoms with E-state index in [1.807, 2.05) is 0 Å². The highest BCUT2D eigenvalue weighted by atomic mass is 16.5. The van der Waals surface area contributed by atoms with Crippen molar-refractivity contribution in [1.29, 1.82) is 0 Å². The second kappa shape index (κ2) is 9.09. The Hall–Kier alpha value is -4.24. The normalized spacial score (nSPS) is 15.7. The zero-order chi connectivity index (χ0) is 23.5. The molecule has 1 aromatic heterocycles. The number of fused-ring (bicyclic) bond motifs is 1. The first-order chi connectivity index (χ1) is 15.9. The van der Waals surface area contributed by atoms with Gasteiger partial charge in [0.1, 0.15) is 12.1 Å². The number of rotatable bonds is 7. The highest BCUT2D eigenvalue weighted by Gasteiger charge is 2.42. The maximum Gasteiger partial charge on any atom is 0.338 e. The van der Waals surface area contributed by atoms with Crippen LogP contribution in [0.1, 0.15) is 5.56 Å². The molecule has 1 aliphatic heterocycles. The summed E-state index contributed by atoms with van der Waals surface area (Å²) in [5.41, 5.74) is 1.28. The Morgan fingerprint density at radius 2 is 1.70 bits per heavy atom. The molecule has 2 aromatic carbocycles. The zero-order valence-electron chi connectivity index (χ0n) is 17.8. The number of hydrogen-bond donors (Lipinski definition) is 1. The van der Waals surface area contributed by atoms with Crippen LogP contribution < -0.4 is 4.90 Å². The van der Waals surface area contributed by atoms with Crippen molar-refractivity contribution in [1.82, 2.24) is 9.47 Å². The highest BCUT2D eigenvalue weighted by Crippen LogP contribution is 2.28. The lowest BCUT2D eigenvalue weighted by Crippen LogP contribution is -2.57. The number of carbonyl (C=O) groups is 4. The molecule has 4 amide bonds. The number of urea groups is 1. The van der Waals surface area contributed by atoms with Crippen LogP contribution in [0.3, 0.4) is 0 Å². The van der Waals surface area contributed by atoms with E-state index in [4.69, 9.17) is 4.74 Å². The van der Waals surface area contributed by atoms with E-state index < -0.39 is 23.8 Å². The van der Waals surface area contributed by atoms with Gasteiger partial charge in [-0.05, 0) is 24.3 Å². The fourth-order valence-electron chi connectivity index (χ4n) is 3.78. The monoisotopic (exact) mass is 447 g/mol. The molecular weight excluding hydrogens is 426 g/mol. The molecule has 2 heterocycles. The molecule has 0 bridgehead atoms. The summed E-state index contributed by atoms with van der Waals surface area (Å²) >= 11 is 0. The molecule has 0 saturated carbocycles. The van der Waals surface area contributed by atoms with Crippen LogP contribution in [0.5, 0.6) is 0 Å². The number of nitrogens with zero attached hydrogens (tertiary/aromatic N) is 3. The Bertz CT molecular complexity index is 1280. The highest BCUT2D eigenvalue weighted by molar-refractivity contribution is 6.39. The number of hydrogen-bond acceptors (Lipinski definition) is 5. The lowest BCUT2D eigenvalue weighted by Gasteiger charge is -2.33. The Labute approximate surface area is 189 Å². The Morgan fingerprint density at radius 1 is 1.00 bits per heavy atom. The number of aromatic nitrogens is 1. The number of para-hydroxylation sites is 2. The standard InChI is InChI=1S/C24H21N3O6/c1-33-12-11-26-22(30)19(23(31)27(24(26)32)17-7-3-2-4-8-17)13-16-14-25(15-21(28)29)20-10-6-5-9-18(16)20/h2-10,13-14H,11-12,15H2,1H3,(H,28,29). The number of carbonyl (C=O) groups excluding carboxylic acids is 3. The second-order valence-electron chi connectivity index (χ2n) is 7.39. The van der Waals surface area contributed by atoms with E-state index in [0.29, 0.717) is 22.2 Å². The molecule has 0 aliphatic carbocycles. The molecule has 0 radical (unpaired) electrons. The summed E-state index contributed by atoms with van der Waals surface area (Å²) in [6, 6.07) is 14.7. The number of amides is 4. The van der Waals surface area contributed by atoms with Gasteiger partial charge in [-0.25, -0.2) is 9.69 Å². The molecule has 4 rings (SSSR count). The molecule has 3 aromatic rings. The van der Waals surface area contributed by atoms with E-state index in [1.165, 1.54) is 17.8 Å². The van der Waals surface area contributed by atoms with Crippen molar-refractivity contribution >= 4 is 46.5 Å². The maximum atomic E-state index is 13.3. The van der Waals surface area contributed by atoms with Crippen molar-refractivity contribution in [2.45, 2.75) is 6.54 Å². The quantitative estimate of drug-likeness (QED) is 0.441. The van der Waals surface area contributed by atoms with Crippen LogP contribution in [-0.4, -0.2) is 58.6 Å². The van der Waals surface area contributed by atoms with Crippen molar-refractivity contribution in [3.05, 3.63) is 71.9 Å². The van der Waals surface area contributed by atoms with E-state index in [0.717, 1.165) is 9.80 Å². The molecular formula is C24H21N3O6. The van der Waals surface area contributed by atoms with E-state index in [9.17, 15) is 24.3 Å². The largest absolute Gasteiger partial charge is 0.480 e. The van der Waals surface area contributed by atoms with Crippen LogP contribution in [0.15, 0.2) is 66.4 Å². The lowest BCUT2D eigenvalue weighted by atomic mass is 10.0. The minimum Gasteiger partial charge on any atom is -0.480 e. The van der Waals surface area contributed by atoms with Gasteiger partial charge in [-0.1, -0.05) is 36.4 Å². The Kier molecular flexibility index (Phi) is 6.05. The molecule has 1 N–H and O–H groups in total. The number of anilines is 1. The van der Waals surface area contributed by atoms with Crippen molar-refractivity contribution in [2.75, 3.05) is 25.2 Å². The number of imide groups is 2. The van der Waals surface area contributed by atoms with Crippen LogP contribution in [0.4, 0.5) is 10.5 Å². The molecule has 1 fully saturated rings. The van der Waals surface area contributed by atoms with Crippen LogP contribution in [-0.2, 0) is 25.7 Å². The summed E-state index contributed by atoms with van der Waals surface area (Å²) in [6.45, 7) is -0.192. The van der Waals surface area contributed by atoms with Gasteiger partial charge < -0.3 is 14.4 Å². The number of methoxy groups -OCH3 is 1. The van der Waals surface area contributed by atoms with Gasteiger partial charge >= 0.3 is 12.0 Å².